The summed E-state index contributed by atoms with van der Waals surface area (Å²) in [5.41, 5.74) is 0. The molecule has 8 heavy (non-hydrogen) atoms. The highest BCUT2D eigenvalue weighted by Crippen LogP contribution is 1.80. The summed E-state index contributed by atoms with van der Waals surface area (Å²) in [5, 5.41) is 6.42. The highest BCUT2D eigenvalue weighted by atomic mass is 14.9. The summed E-state index contributed by atoms with van der Waals surface area (Å²) >= 11 is 0. The number of hydrogen-bond donors (Lipinski definition) is 2. The molecule has 2 nitrogen and oxygen atoms in total. The van der Waals surface area contributed by atoms with E-state index in [9.17, 15) is 0 Å². The van der Waals surface area contributed by atoms with E-state index in [0.29, 0.717) is 0 Å². The Morgan fingerprint density at radius 1 is 1.12 bits per heavy atom. The topological polar surface area (TPSA) is 24.1 Å². The van der Waals surface area contributed by atoms with Crippen LogP contribution in [0.3, 0.4) is 0 Å². The minimum Gasteiger partial charge on any atom is -0.390 e. The first kappa shape index (κ1) is 5.63. The van der Waals surface area contributed by atoms with E-state index in [1.165, 1.54) is 0 Å². The molecule has 0 aromatic heterocycles. The maximum Gasteiger partial charge on any atom is 0.0266 e. The van der Waals surface area contributed by atoms with Gasteiger partial charge in [0.1, 0.15) is 0 Å². The molecular formula is C6H12N2. The molecule has 0 atom stereocenters. The predicted molar refractivity (Wildman–Crippen MR) is 34.6 cm³/mol. The molecule has 46 valence electrons. The summed E-state index contributed by atoms with van der Waals surface area (Å²) in [5.74, 6) is 0. The molecule has 2 heteroatoms. The van der Waals surface area contributed by atoms with Crippen molar-refractivity contribution in [3.05, 3.63) is 12.3 Å². The number of rotatable bonds is 0. The average molecular weight is 112 g/mol. The smallest absolute Gasteiger partial charge is 0.0266 e. The minimum atomic E-state index is 1.05. The lowest BCUT2D eigenvalue weighted by Gasteiger charge is -2.05. The van der Waals surface area contributed by atoms with Crippen molar-refractivity contribution in [2.45, 2.75) is 6.42 Å². The quantitative estimate of drug-likeness (QED) is 0.464. The zero-order chi connectivity index (χ0) is 5.66. The fraction of sp³-hybridized carbons (Fsp3) is 0.667. The summed E-state index contributed by atoms with van der Waals surface area (Å²) < 4.78 is 0. The van der Waals surface area contributed by atoms with E-state index >= 15 is 0 Å². The Bertz CT molecular complexity index is 68.6. The van der Waals surface area contributed by atoms with Crippen molar-refractivity contribution in [1.29, 1.82) is 0 Å². The van der Waals surface area contributed by atoms with E-state index in [4.69, 9.17) is 0 Å². The first-order valence-electron chi connectivity index (χ1n) is 3.09. The second-order valence-corrected chi connectivity index (χ2v) is 1.90. The van der Waals surface area contributed by atoms with E-state index in [2.05, 4.69) is 16.7 Å². The summed E-state index contributed by atoms with van der Waals surface area (Å²) in [6, 6.07) is 0. The maximum absolute atomic E-state index is 3.27. The van der Waals surface area contributed by atoms with Crippen LogP contribution in [0, 0.1) is 0 Å². The summed E-state index contributed by atoms with van der Waals surface area (Å²) in [6.07, 6.45) is 5.32. The summed E-state index contributed by atoms with van der Waals surface area (Å²) in [4.78, 5) is 0. The van der Waals surface area contributed by atoms with Crippen molar-refractivity contribution in [2.75, 3.05) is 19.6 Å². The van der Waals surface area contributed by atoms with E-state index in [-0.39, 0.29) is 0 Å². The highest BCUT2D eigenvalue weighted by Gasteiger charge is 1.86. The Balaban J connectivity index is 2.17. The summed E-state index contributed by atoms with van der Waals surface area (Å²) in [6.45, 7) is 3.26. The van der Waals surface area contributed by atoms with Crippen LogP contribution in [0.25, 0.3) is 0 Å². The van der Waals surface area contributed by atoms with Gasteiger partial charge in [-0.15, -0.1) is 0 Å². The molecule has 0 unspecified atom stereocenters. The van der Waals surface area contributed by atoms with Crippen molar-refractivity contribution in [2.24, 2.45) is 0 Å². The van der Waals surface area contributed by atoms with Gasteiger partial charge in [0.15, 0.2) is 0 Å². The zero-order valence-electron chi connectivity index (χ0n) is 4.98. The van der Waals surface area contributed by atoms with Gasteiger partial charge in [0.05, 0.1) is 0 Å². The van der Waals surface area contributed by atoms with Gasteiger partial charge in [-0.1, -0.05) is 6.08 Å². The van der Waals surface area contributed by atoms with Gasteiger partial charge in [-0.05, 0) is 19.2 Å². The van der Waals surface area contributed by atoms with E-state index < -0.39 is 0 Å². The largest absolute Gasteiger partial charge is 0.390 e. The van der Waals surface area contributed by atoms with E-state index in [0.717, 1.165) is 26.1 Å². The molecule has 0 saturated heterocycles. The molecule has 1 rings (SSSR count). The fourth-order valence-electron chi connectivity index (χ4n) is 0.721. The van der Waals surface area contributed by atoms with Gasteiger partial charge < -0.3 is 10.6 Å². The van der Waals surface area contributed by atoms with Crippen molar-refractivity contribution < 1.29 is 0 Å². The molecule has 0 aromatic carbocycles. The van der Waals surface area contributed by atoms with Crippen LogP contribution in [0.15, 0.2) is 12.3 Å². The molecule has 0 amide bonds. The van der Waals surface area contributed by atoms with Crippen molar-refractivity contribution >= 4 is 0 Å². The molecule has 2 N–H and O–H groups in total. The fourth-order valence-corrected chi connectivity index (χ4v) is 0.721. The third-order valence-corrected chi connectivity index (χ3v) is 1.17. The molecular weight excluding hydrogens is 100 g/mol. The van der Waals surface area contributed by atoms with Crippen LogP contribution in [0.4, 0.5) is 0 Å². The van der Waals surface area contributed by atoms with Gasteiger partial charge in [-0.2, -0.15) is 0 Å². The SMILES string of the molecule is C1=C\NCCNCC/1. The molecule has 0 saturated carbocycles. The van der Waals surface area contributed by atoms with Gasteiger partial charge in [0.2, 0.25) is 0 Å². The maximum atomic E-state index is 3.27. The van der Waals surface area contributed by atoms with Crippen LogP contribution in [0.2, 0.25) is 0 Å². The Kier molecular flexibility index (Phi) is 2.46. The first-order chi connectivity index (χ1) is 4.00. The number of nitrogens with one attached hydrogen (secondary N) is 2. The van der Waals surface area contributed by atoms with Crippen LogP contribution in [0.5, 0.6) is 0 Å². The van der Waals surface area contributed by atoms with Gasteiger partial charge in [0.25, 0.3) is 0 Å². The molecule has 0 radical (unpaired) electrons. The third-order valence-electron chi connectivity index (χ3n) is 1.17. The van der Waals surface area contributed by atoms with Crippen molar-refractivity contribution in [3.63, 3.8) is 0 Å². The van der Waals surface area contributed by atoms with Gasteiger partial charge in [0, 0.05) is 13.1 Å². The van der Waals surface area contributed by atoms with Crippen LogP contribution in [-0.2, 0) is 0 Å². The molecule has 0 bridgehead atoms. The van der Waals surface area contributed by atoms with Crippen molar-refractivity contribution in [3.8, 4) is 0 Å². The molecule has 0 fully saturated rings. The Morgan fingerprint density at radius 2 is 2.12 bits per heavy atom. The van der Waals surface area contributed by atoms with E-state index in [1.54, 1.807) is 0 Å². The van der Waals surface area contributed by atoms with Crippen molar-refractivity contribution in [1.82, 2.24) is 10.6 Å². The monoisotopic (exact) mass is 112 g/mol. The molecule has 1 aliphatic heterocycles. The molecule has 0 aromatic rings. The number of hydrogen-bond acceptors (Lipinski definition) is 2. The zero-order valence-corrected chi connectivity index (χ0v) is 4.98. The lowest BCUT2D eigenvalue weighted by Crippen LogP contribution is -2.26. The third kappa shape index (κ3) is 1.98. The first-order valence-corrected chi connectivity index (χ1v) is 3.09. The molecule has 0 spiro atoms. The Labute approximate surface area is 50.0 Å². The highest BCUT2D eigenvalue weighted by molar-refractivity contribution is 4.82. The second kappa shape index (κ2) is 3.50. The molecule has 1 heterocycles. The lowest BCUT2D eigenvalue weighted by atomic mass is 10.4. The molecule has 1 aliphatic rings. The van der Waals surface area contributed by atoms with Gasteiger partial charge >= 0.3 is 0 Å². The Morgan fingerprint density at radius 3 is 3.12 bits per heavy atom. The Hall–Kier alpha value is -0.500. The van der Waals surface area contributed by atoms with Crippen LogP contribution < -0.4 is 10.6 Å². The van der Waals surface area contributed by atoms with E-state index in [1.807, 2.05) is 6.20 Å². The average Bonchev–Trinajstić information content (AvgIpc) is 1.62. The second-order valence-electron chi connectivity index (χ2n) is 1.90. The standard InChI is InChI=1S/C6H12N2/c1-2-4-8-6-5-7-3-1/h1,3,7-8H,2,4-6H2/b3-1-. The van der Waals surface area contributed by atoms with Crippen LogP contribution in [-0.4, -0.2) is 19.6 Å². The molecule has 0 aliphatic carbocycles. The lowest BCUT2D eigenvalue weighted by molar-refractivity contribution is 0.649. The van der Waals surface area contributed by atoms with Gasteiger partial charge in [-0.25, -0.2) is 0 Å². The van der Waals surface area contributed by atoms with Gasteiger partial charge in [-0.3, -0.25) is 0 Å². The minimum absolute atomic E-state index is 1.05. The predicted octanol–water partition coefficient (Wildman–Crippen LogP) is 0.0830. The summed E-state index contributed by atoms with van der Waals surface area (Å²) in [7, 11) is 0. The van der Waals surface area contributed by atoms with Crippen LogP contribution in [0.1, 0.15) is 6.42 Å². The van der Waals surface area contributed by atoms with Crippen LogP contribution >= 0.6 is 0 Å². The normalized spacial score (nSPS) is 25.0.